The quantitative estimate of drug-likeness (QED) is 0.110. The second-order valence-corrected chi connectivity index (χ2v) is 14.7. The molecular formula is C41H47ClN4O9. The van der Waals surface area contributed by atoms with E-state index < -0.39 is 41.2 Å². The molecule has 2 heterocycles. The number of piperidine rings is 1. The number of aromatic nitrogens is 1. The molecular weight excluding hydrogens is 728 g/mol. The van der Waals surface area contributed by atoms with Crippen LogP contribution in [0.5, 0.6) is 11.5 Å². The van der Waals surface area contributed by atoms with Crippen molar-refractivity contribution in [2.45, 2.75) is 63.5 Å². The topological polar surface area (TPSA) is 195 Å². The van der Waals surface area contributed by atoms with E-state index in [1.807, 2.05) is 42.5 Å². The van der Waals surface area contributed by atoms with Crippen LogP contribution in [0.4, 0.5) is 0 Å². The summed E-state index contributed by atoms with van der Waals surface area (Å²) in [5.74, 6) is -1.77. The van der Waals surface area contributed by atoms with Gasteiger partial charge in [0.1, 0.15) is 42.4 Å². The molecule has 5 rings (SSSR count). The first-order valence-corrected chi connectivity index (χ1v) is 18.5. The number of hydrogen-bond acceptors (Lipinski definition) is 11. The predicted molar refractivity (Wildman–Crippen MR) is 204 cm³/mol. The molecule has 0 amide bonds. The number of nitriles is 1. The van der Waals surface area contributed by atoms with Gasteiger partial charge < -0.3 is 39.5 Å². The number of carboxylic acid groups (broad SMARTS) is 2. The van der Waals surface area contributed by atoms with Crippen LogP contribution in [-0.4, -0.2) is 98.9 Å². The van der Waals surface area contributed by atoms with Crippen molar-refractivity contribution in [1.82, 2.24) is 15.2 Å². The van der Waals surface area contributed by atoms with Crippen LogP contribution in [0.15, 0.2) is 79.2 Å². The van der Waals surface area contributed by atoms with Crippen molar-refractivity contribution < 1.29 is 44.2 Å². The Morgan fingerprint density at radius 3 is 2.49 bits per heavy atom. The molecule has 55 heavy (non-hydrogen) atoms. The van der Waals surface area contributed by atoms with E-state index in [0.717, 1.165) is 11.1 Å². The maximum Gasteiger partial charge on any atom is 0.335 e. The van der Waals surface area contributed by atoms with Crippen LogP contribution >= 0.6 is 11.6 Å². The molecule has 2 aliphatic rings. The van der Waals surface area contributed by atoms with Gasteiger partial charge in [-0.3, -0.25) is 15.1 Å². The van der Waals surface area contributed by atoms with Crippen molar-refractivity contribution in [1.29, 1.82) is 5.26 Å². The number of nitrogens with one attached hydrogen (secondary N) is 1. The van der Waals surface area contributed by atoms with Crippen molar-refractivity contribution in [3.63, 3.8) is 0 Å². The van der Waals surface area contributed by atoms with Gasteiger partial charge in [-0.1, -0.05) is 67.9 Å². The first kappa shape index (κ1) is 41.4. The van der Waals surface area contributed by atoms with Crippen LogP contribution in [0.1, 0.15) is 55.4 Å². The standard InChI is InChI=1S/C41H47ClN4O9/c1-39(2)32(30-8-4-3-5-9-30)10-6-11-41(39,55-17-7-14-46-15-12-40(52,13-16-46)38(50)51)27-54-36-20-35(53-26-29-18-28(21-43)22-44-23-29)31(19-33(36)42)24-45-34(25-47)37(48)49/h3-6,8-11,18-20,22-23,34,45,47,52H,7,12-17,24-27H2,1-2H3,(H,48,49)(H,50,51)/t34?,41-/m0/s1. The number of pyridine rings is 1. The maximum absolute atomic E-state index is 11.6. The average molecular weight is 775 g/mol. The molecule has 1 saturated heterocycles. The van der Waals surface area contributed by atoms with Crippen molar-refractivity contribution in [3.05, 3.63) is 106 Å². The Hall–Kier alpha value is -4.81. The largest absolute Gasteiger partial charge is 0.488 e. The lowest BCUT2D eigenvalue weighted by atomic mass is 9.65. The van der Waals surface area contributed by atoms with Crippen molar-refractivity contribution >= 4 is 29.1 Å². The Morgan fingerprint density at radius 2 is 1.82 bits per heavy atom. The van der Waals surface area contributed by atoms with E-state index in [9.17, 15) is 35.3 Å². The van der Waals surface area contributed by atoms with Crippen LogP contribution in [0.25, 0.3) is 5.57 Å². The molecule has 13 nitrogen and oxygen atoms in total. The Balaban J connectivity index is 1.39. The van der Waals surface area contributed by atoms with Crippen LogP contribution < -0.4 is 14.8 Å². The molecule has 3 aromatic rings. The van der Waals surface area contributed by atoms with Crippen LogP contribution in [0.3, 0.4) is 0 Å². The first-order valence-electron chi connectivity index (χ1n) is 18.1. The third kappa shape index (κ3) is 9.90. The van der Waals surface area contributed by atoms with Gasteiger partial charge in [0, 0.05) is 67.8 Å². The van der Waals surface area contributed by atoms with E-state index in [2.05, 4.69) is 41.2 Å². The molecule has 0 saturated carbocycles. The number of rotatable bonds is 18. The number of nitrogens with zero attached hydrogens (tertiary/aromatic N) is 3. The molecule has 0 bridgehead atoms. The number of benzene rings is 2. The summed E-state index contributed by atoms with van der Waals surface area (Å²) in [6.45, 7) is 5.63. The van der Waals surface area contributed by atoms with Gasteiger partial charge in [-0.2, -0.15) is 5.26 Å². The van der Waals surface area contributed by atoms with Gasteiger partial charge in [0.05, 0.1) is 17.2 Å². The highest BCUT2D eigenvalue weighted by atomic mass is 35.5. The number of hydrogen-bond donors (Lipinski definition) is 5. The Kier molecular flexibility index (Phi) is 13.7. The molecule has 1 aromatic heterocycles. The minimum Gasteiger partial charge on any atom is -0.488 e. The normalized spacial score (nSPS) is 19.5. The smallest absolute Gasteiger partial charge is 0.335 e. The fourth-order valence-electron chi connectivity index (χ4n) is 6.82. The molecule has 14 heteroatoms. The predicted octanol–water partition coefficient (Wildman–Crippen LogP) is 4.84. The first-order chi connectivity index (χ1) is 26.3. The monoisotopic (exact) mass is 774 g/mol. The number of aliphatic hydroxyl groups is 2. The summed E-state index contributed by atoms with van der Waals surface area (Å²) in [5, 5.41) is 51.2. The molecule has 2 atom stereocenters. The summed E-state index contributed by atoms with van der Waals surface area (Å²) < 4.78 is 19.6. The maximum atomic E-state index is 11.6. The minimum atomic E-state index is -1.69. The van der Waals surface area contributed by atoms with E-state index in [1.54, 1.807) is 24.4 Å². The number of allylic oxidation sites excluding steroid dienone is 2. The van der Waals surface area contributed by atoms with Gasteiger partial charge >= 0.3 is 11.9 Å². The third-order valence-electron chi connectivity index (χ3n) is 10.4. The molecule has 2 aromatic carbocycles. The highest BCUT2D eigenvalue weighted by molar-refractivity contribution is 6.32. The molecule has 1 aliphatic heterocycles. The lowest BCUT2D eigenvalue weighted by Crippen LogP contribution is -2.52. The lowest BCUT2D eigenvalue weighted by molar-refractivity contribution is -0.163. The molecule has 1 aliphatic carbocycles. The number of carboxylic acids is 2. The van der Waals surface area contributed by atoms with Crippen LogP contribution in [-0.2, 0) is 27.5 Å². The summed E-state index contributed by atoms with van der Waals surface area (Å²) in [4.78, 5) is 29.3. The third-order valence-corrected chi connectivity index (χ3v) is 10.7. The summed E-state index contributed by atoms with van der Waals surface area (Å²) in [6, 6.07) is 15.8. The van der Waals surface area contributed by atoms with Crippen molar-refractivity contribution in [2.75, 3.05) is 39.5 Å². The second kappa shape index (κ2) is 18.2. The van der Waals surface area contributed by atoms with E-state index in [0.29, 0.717) is 60.9 Å². The molecule has 1 fully saturated rings. The fourth-order valence-corrected chi connectivity index (χ4v) is 7.06. The van der Waals surface area contributed by atoms with Gasteiger partial charge in [0.2, 0.25) is 0 Å². The van der Waals surface area contributed by atoms with Crippen molar-refractivity contribution in [2.24, 2.45) is 5.41 Å². The zero-order chi connectivity index (χ0) is 39.6. The van der Waals surface area contributed by atoms with E-state index in [4.69, 9.17) is 25.8 Å². The van der Waals surface area contributed by atoms with Gasteiger partial charge in [0.15, 0.2) is 5.60 Å². The number of ether oxygens (including phenoxy) is 3. The lowest BCUT2D eigenvalue weighted by Gasteiger charge is -2.47. The minimum absolute atomic E-state index is 0.00398. The van der Waals surface area contributed by atoms with Gasteiger partial charge in [0.25, 0.3) is 0 Å². The van der Waals surface area contributed by atoms with E-state index in [1.165, 1.54) is 6.20 Å². The van der Waals surface area contributed by atoms with E-state index >= 15 is 0 Å². The average Bonchev–Trinajstić information content (AvgIpc) is 3.17. The molecule has 0 radical (unpaired) electrons. The summed E-state index contributed by atoms with van der Waals surface area (Å²) in [5.41, 5.74) is 0.314. The molecule has 5 N–H and O–H groups in total. The Labute approximate surface area is 325 Å². The fraction of sp³-hybridized carbons (Fsp3) is 0.415. The summed E-state index contributed by atoms with van der Waals surface area (Å²) in [7, 11) is 0. The Morgan fingerprint density at radius 1 is 1.07 bits per heavy atom. The van der Waals surface area contributed by atoms with E-state index in [-0.39, 0.29) is 37.6 Å². The summed E-state index contributed by atoms with van der Waals surface area (Å²) >= 11 is 6.83. The number of aliphatic carboxylic acids is 2. The van der Waals surface area contributed by atoms with Gasteiger partial charge in [-0.15, -0.1) is 0 Å². The van der Waals surface area contributed by atoms with Gasteiger partial charge in [-0.05, 0) is 48.6 Å². The highest BCUT2D eigenvalue weighted by Crippen LogP contribution is 2.49. The molecule has 1 unspecified atom stereocenters. The van der Waals surface area contributed by atoms with Gasteiger partial charge in [-0.25, -0.2) is 4.79 Å². The van der Waals surface area contributed by atoms with Crippen LogP contribution in [0.2, 0.25) is 5.02 Å². The Bertz CT molecular complexity index is 1920. The number of carbonyl (C=O) groups is 2. The summed E-state index contributed by atoms with van der Waals surface area (Å²) in [6.07, 6.45) is 10.0. The zero-order valence-corrected chi connectivity index (χ0v) is 31.7. The second-order valence-electron chi connectivity index (χ2n) is 14.3. The van der Waals surface area contributed by atoms with Crippen LogP contribution in [0, 0.1) is 16.7 Å². The number of halogens is 1. The molecule has 0 spiro atoms. The van der Waals surface area contributed by atoms with Crippen molar-refractivity contribution in [3.8, 4) is 17.6 Å². The number of aliphatic hydroxyl groups excluding tert-OH is 1. The highest BCUT2D eigenvalue weighted by Gasteiger charge is 2.49. The zero-order valence-electron chi connectivity index (χ0n) is 30.9. The molecule has 292 valence electrons. The number of likely N-dealkylation sites (tertiary alicyclic amines) is 1. The SMILES string of the molecule is CC1(C)C(c2ccccc2)=CC=C[C@@]1(COc1cc(OCc2cncc(C#N)c2)c(CNC(CO)C(=O)O)cc1Cl)OCCCN1CCC(O)(C(=O)O)CC1.